The molecule has 0 saturated carbocycles. The Kier molecular flexibility index (Phi) is 11.8. The van der Waals surface area contributed by atoms with Crippen LogP contribution in [0.25, 0.3) is 0 Å². The summed E-state index contributed by atoms with van der Waals surface area (Å²) in [6.45, 7) is 5.69. The molecule has 0 aliphatic heterocycles. The molecule has 0 aliphatic rings. The number of hydrogen-bond donors (Lipinski definition) is 1. The summed E-state index contributed by atoms with van der Waals surface area (Å²) >= 11 is 0. The first-order valence-corrected chi connectivity index (χ1v) is 5.33. The van der Waals surface area contributed by atoms with Crippen molar-refractivity contribution in [1.29, 1.82) is 0 Å². The summed E-state index contributed by atoms with van der Waals surface area (Å²) in [5, 5.41) is 0. The van der Waals surface area contributed by atoms with Crippen molar-refractivity contribution in [3.8, 4) is 0 Å². The van der Waals surface area contributed by atoms with Crippen molar-refractivity contribution in [2.24, 2.45) is 5.73 Å². The molecule has 0 bridgehead atoms. The number of hydrogen-bond acceptors (Lipinski definition) is 6. The first-order valence-electron chi connectivity index (χ1n) is 5.33. The van der Waals surface area contributed by atoms with Crippen LogP contribution in [-0.4, -0.2) is 58.8 Å². The molecular weight excluding hydrogens is 214 g/mol. The van der Waals surface area contributed by atoms with Crippen LogP contribution in [0, 0.1) is 0 Å². The summed E-state index contributed by atoms with van der Waals surface area (Å²) in [5.41, 5.74) is 5.24. The quantitative estimate of drug-likeness (QED) is 0.365. The molecule has 1 atom stereocenters. The minimum atomic E-state index is -0.217. The Bertz CT molecular complexity index is 156. The highest BCUT2D eigenvalue weighted by molar-refractivity contribution is 5.37. The lowest BCUT2D eigenvalue weighted by molar-refractivity contribution is -0.135. The molecule has 0 aromatic heterocycles. The van der Waals surface area contributed by atoms with Crippen molar-refractivity contribution in [2.75, 3.05) is 46.2 Å². The standard InChI is InChI=1S/C10H21NO5/c1-10(16-9-12)8-15-7-6-14-5-4-13-3-2-11/h9-10H,2-8,11H2,1H3. The normalized spacial score (nSPS) is 12.4. The molecule has 0 aromatic carbocycles. The maximum Gasteiger partial charge on any atom is 0.293 e. The maximum absolute atomic E-state index is 9.95. The van der Waals surface area contributed by atoms with Crippen LogP contribution in [0.5, 0.6) is 0 Å². The van der Waals surface area contributed by atoms with Gasteiger partial charge in [-0.3, -0.25) is 4.79 Å². The van der Waals surface area contributed by atoms with Gasteiger partial charge < -0.3 is 24.7 Å². The van der Waals surface area contributed by atoms with E-state index in [4.69, 9.17) is 19.9 Å². The molecule has 0 aliphatic carbocycles. The molecule has 0 radical (unpaired) electrons. The molecule has 0 aromatic rings. The molecule has 0 rings (SSSR count). The van der Waals surface area contributed by atoms with Gasteiger partial charge in [0.15, 0.2) is 0 Å². The van der Waals surface area contributed by atoms with Gasteiger partial charge in [-0.2, -0.15) is 0 Å². The zero-order valence-electron chi connectivity index (χ0n) is 9.72. The molecule has 6 nitrogen and oxygen atoms in total. The number of rotatable bonds is 12. The monoisotopic (exact) mass is 235 g/mol. The van der Waals surface area contributed by atoms with Gasteiger partial charge in [-0.15, -0.1) is 0 Å². The Morgan fingerprint density at radius 1 is 1.06 bits per heavy atom. The van der Waals surface area contributed by atoms with E-state index in [2.05, 4.69) is 4.74 Å². The number of ether oxygens (including phenoxy) is 4. The van der Waals surface area contributed by atoms with Crippen LogP contribution in [0.3, 0.4) is 0 Å². The van der Waals surface area contributed by atoms with Crippen LogP contribution >= 0.6 is 0 Å². The van der Waals surface area contributed by atoms with E-state index in [1.165, 1.54) is 0 Å². The summed E-state index contributed by atoms with van der Waals surface area (Å²) < 4.78 is 20.2. The molecule has 0 fully saturated rings. The van der Waals surface area contributed by atoms with E-state index in [9.17, 15) is 4.79 Å². The first-order chi connectivity index (χ1) is 7.81. The Morgan fingerprint density at radius 2 is 1.62 bits per heavy atom. The van der Waals surface area contributed by atoms with E-state index in [0.29, 0.717) is 52.7 Å². The molecule has 6 heteroatoms. The van der Waals surface area contributed by atoms with Crippen LogP contribution in [0.2, 0.25) is 0 Å². The molecule has 0 amide bonds. The van der Waals surface area contributed by atoms with Crippen molar-refractivity contribution >= 4 is 6.47 Å². The third kappa shape index (κ3) is 11.4. The van der Waals surface area contributed by atoms with E-state index < -0.39 is 0 Å². The van der Waals surface area contributed by atoms with Crippen LogP contribution in [-0.2, 0) is 23.7 Å². The van der Waals surface area contributed by atoms with Gasteiger partial charge in [0.25, 0.3) is 6.47 Å². The average molecular weight is 235 g/mol. The third-order valence-corrected chi connectivity index (χ3v) is 1.65. The second kappa shape index (κ2) is 12.4. The second-order valence-corrected chi connectivity index (χ2v) is 3.13. The Labute approximate surface area is 96.0 Å². The molecule has 16 heavy (non-hydrogen) atoms. The topological polar surface area (TPSA) is 80.0 Å². The van der Waals surface area contributed by atoms with Gasteiger partial charge in [0, 0.05) is 6.54 Å². The molecule has 0 spiro atoms. The number of carbonyl (C=O) groups excluding carboxylic acids is 1. The molecule has 2 N–H and O–H groups in total. The van der Waals surface area contributed by atoms with Gasteiger partial charge >= 0.3 is 0 Å². The summed E-state index contributed by atoms with van der Waals surface area (Å²) in [7, 11) is 0. The van der Waals surface area contributed by atoms with Gasteiger partial charge in [-0.05, 0) is 6.92 Å². The fourth-order valence-corrected chi connectivity index (χ4v) is 0.907. The van der Waals surface area contributed by atoms with Crippen LogP contribution < -0.4 is 5.73 Å². The molecule has 96 valence electrons. The predicted octanol–water partition coefficient (Wildman–Crippen LogP) is -0.444. The summed E-state index contributed by atoms with van der Waals surface area (Å²) in [6.07, 6.45) is -0.217. The lowest BCUT2D eigenvalue weighted by Gasteiger charge is -2.10. The fourth-order valence-electron chi connectivity index (χ4n) is 0.907. The minimum absolute atomic E-state index is 0.217. The van der Waals surface area contributed by atoms with E-state index in [0.717, 1.165) is 0 Å². The van der Waals surface area contributed by atoms with Gasteiger partial charge in [0.05, 0.1) is 39.6 Å². The average Bonchev–Trinajstić information content (AvgIpc) is 2.27. The fraction of sp³-hybridized carbons (Fsp3) is 0.900. The summed E-state index contributed by atoms with van der Waals surface area (Å²) in [6, 6.07) is 0. The third-order valence-electron chi connectivity index (χ3n) is 1.65. The first kappa shape index (κ1) is 15.3. The molecule has 0 heterocycles. The number of carbonyl (C=O) groups is 1. The number of nitrogens with two attached hydrogens (primary N) is 1. The molecule has 1 unspecified atom stereocenters. The summed E-state index contributed by atoms with van der Waals surface area (Å²) in [4.78, 5) is 9.95. The van der Waals surface area contributed by atoms with E-state index in [-0.39, 0.29) is 6.10 Å². The lowest BCUT2D eigenvalue weighted by Crippen LogP contribution is -2.18. The Morgan fingerprint density at radius 3 is 2.19 bits per heavy atom. The largest absolute Gasteiger partial charge is 0.462 e. The molecular formula is C10H21NO5. The smallest absolute Gasteiger partial charge is 0.293 e. The summed E-state index contributed by atoms with van der Waals surface area (Å²) in [5.74, 6) is 0. The Balaban J connectivity index is 3.00. The molecule has 0 saturated heterocycles. The van der Waals surface area contributed by atoms with Crippen LogP contribution in [0.1, 0.15) is 6.92 Å². The Hall–Kier alpha value is -0.690. The zero-order chi connectivity index (χ0) is 12.1. The minimum Gasteiger partial charge on any atom is -0.462 e. The highest BCUT2D eigenvalue weighted by atomic mass is 16.6. The second-order valence-electron chi connectivity index (χ2n) is 3.13. The van der Waals surface area contributed by atoms with E-state index in [1.807, 2.05) is 0 Å². The van der Waals surface area contributed by atoms with Gasteiger partial charge in [0.1, 0.15) is 6.10 Å². The van der Waals surface area contributed by atoms with Crippen LogP contribution in [0.15, 0.2) is 0 Å². The van der Waals surface area contributed by atoms with Gasteiger partial charge in [-0.25, -0.2) is 0 Å². The van der Waals surface area contributed by atoms with Crippen molar-refractivity contribution in [3.63, 3.8) is 0 Å². The van der Waals surface area contributed by atoms with Crippen molar-refractivity contribution in [1.82, 2.24) is 0 Å². The predicted molar refractivity (Wildman–Crippen MR) is 58.1 cm³/mol. The SMILES string of the molecule is CC(COCCOCCOCCN)OC=O. The van der Waals surface area contributed by atoms with E-state index in [1.54, 1.807) is 6.92 Å². The van der Waals surface area contributed by atoms with Crippen molar-refractivity contribution in [3.05, 3.63) is 0 Å². The maximum atomic E-state index is 9.95. The van der Waals surface area contributed by atoms with Crippen LogP contribution in [0.4, 0.5) is 0 Å². The zero-order valence-corrected chi connectivity index (χ0v) is 9.72. The van der Waals surface area contributed by atoms with Gasteiger partial charge in [-0.1, -0.05) is 0 Å². The van der Waals surface area contributed by atoms with E-state index >= 15 is 0 Å². The van der Waals surface area contributed by atoms with Crippen molar-refractivity contribution in [2.45, 2.75) is 13.0 Å². The lowest BCUT2D eigenvalue weighted by atomic mass is 10.4. The van der Waals surface area contributed by atoms with Gasteiger partial charge in [0.2, 0.25) is 0 Å². The highest BCUT2D eigenvalue weighted by Crippen LogP contribution is 1.89. The van der Waals surface area contributed by atoms with Crippen molar-refractivity contribution < 1.29 is 23.7 Å². The highest BCUT2D eigenvalue weighted by Gasteiger charge is 2.00.